The van der Waals surface area contributed by atoms with Gasteiger partial charge in [0.2, 0.25) is 5.89 Å². The third-order valence-electron chi connectivity index (χ3n) is 4.83. The molecular formula is C15H26N4O2. The zero-order chi connectivity index (χ0) is 14.9. The summed E-state index contributed by atoms with van der Waals surface area (Å²) in [5, 5.41) is 7.65. The van der Waals surface area contributed by atoms with Gasteiger partial charge in [-0.2, -0.15) is 4.98 Å². The third-order valence-corrected chi connectivity index (χ3v) is 4.83. The second kappa shape index (κ2) is 6.02. The van der Waals surface area contributed by atoms with E-state index in [0.29, 0.717) is 0 Å². The van der Waals surface area contributed by atoms with Gasteiger partial charge in [0.15, 0.2) is 5.82 Å². The van der Waals surface area contributed by atoms with Gasteiger partial charge in [-0.3, -0.25) is 4.90 Å². The minimum Gasteiger partial charge on any atom is -0.377 e. The van der Waals surface area contributed by atoms with E-state index < -0.39 is 0 Å². The summed E-state index contributed by atoms with van der Waals surface area (Å²) < 4.78 is 11.3. The predicted octanol–water partition coefficient (Wildman–Crippen LogP) is 1.49. The fourth-order valence-electron chi connectivity index (χ4n) is 3.33. The van der Waals surface area contributed by atoms with E-state index in [4.69, 9.17) is 14.2 Å². The molecule has 0 aromatic carbocycles. The minimum absolute atomic E-state index is 0.189. The fourth-order valence-corrected chi connectivity index (χ4v) is 3.33. The third kappa shape index (κ3) is 2.84. The molecule has 118 valence electrons. The summed E-state index contributed by atoms with van der Waals surface area (Å²) in [5.74, 6) is 1.80. The van der Waals surface area contributed by atoms with Gasteiger partial charge in [-0.05, 0) is 26.7 Å². The molecule has 6 heteroatoms. The first kappa shape index (κ1) is 14.9. The summed E-state index contributed by atoms with van der Waals surface area (Å²) in [6.07, 6.45) is 2.19. The van der Waals surface area contributed by atoms with Crippen LogP contribution >= 0.6 is 0 Å². The van der Waals surface area contributed by atoms with Crippen LogP contribution in [0, 0.1) is 0 Å². The van der Waals surface area contributed by atoms with Crippen molar-refractivity contribution in [2.75, 3.05) is 32.8 Å². The zero-order valence-electron chi connectivity index (χ0n) is 13.3. The Morgan fingerprint density at radius 2 is 2.10 bits per heavy atom. The van der Waals surface area contributed by atoms with Crippen LogP contribution < -0.4 is 5.32 Å². The van der Waals surface area contributed by atoms with Crippen molar-refractivity contribution in [1.82, 2.24) is 20.4 Å². The number of aromatic nitrogens is 2. The second-order valence-electron chi connectivity index (χ2n) is 6.46. The van der Waals surface area contributed by atoms with E-state index in [1.54, 1.807) is 0 Å². The SMILES string of the molecule is CCC1OCCC1c1nc(C(C)(C)N2CCNCC2)no1. The van der Waals surface area contributed by atoms with E-state index in [2.05, 4.69) is 36.1 Å². The summed E-state index contributed by atoms with van der Waals surface area (Å²) >= 11 is 0. The molecule has 2 atom stereocenters. The first-order valence-electron chi connectivity index (χ1n) is 8.04. The molecule has 1 aromatic heterocycles. The smallest absolute Gasteiger partial charge is 0.232 e. The van der Waals surface area contributed by atoms with Crippen molar-refractivity contribution in [3.05, 3.63) is 11.7 Å². The van der Waals surface area contributed by atoms with E-state index in [9.17, 15) is 0 Å². The molecule has 2 saturated heterocycles. The van der Waals surface area contributed by atoms with Crippen LogP contribution in [0.1, 0.15) is 51.2 Å². The number of nitrogens with zero attached hydrogens (tertiary/aromatic N) is 3. The van der Waals surface area contributed by atoms with E-state index in [0.717, 1.165) is 57.3 Å². The lowest BCUT2D eigenvalue weighted by atomic mass is 9.98. The Balaban J connectivity index is 1.77. The van der Waals surface area contributed by atoms with Gasteiger partial charge in [-0.15, -0.1) is 0 Å². The first-order valence-corrected chi connectivity index (χ1v) is 8.04. The molecule has 0 aliphatic carbocycles. The molecule has 2 fully saturated rings. The van der Waals surface area contributed by atoms with Crippen molar-refractivity contribution in [3.8, 4) is 0 Å². The summed E-state index contributed by atoms with van der Waals surface area (Å²) in [6, 6.07) is 0. The average Bonchev–Trinajstić information content (AvgIpc) is 3.16. The molecule has 0 bridgehead atoms. The van der Waals surface area contributed by atoms with Gasteiger partial charge in [0, 0.05) is 32.8 Å². The van der Waals surface area contributed by atoms with Crippen molar-refractivity contribution in [2.24, 2.45) is 0 Å². The summed E-state index contributed by atoms with van der Waals surface area (Å²) in [5.41, 5.74) is -0.189. The van der Waals surface area contributed by atoms with Gasteiger partial charge in [-0.25, -0.2) is 0 Å². The Bertz CT molecular complexity index is 468. The van der Waals surface area contributed by atoms with Crippen LogP contribution in [0.4, 0.5) is 0 Å². The summed E-state index contributed by atoms with van der Waals surface area (Å²) in [6.45, 7) is 11.4. The monoisotopic (exact) mass is 294 g/mol. The lowest BCUT2D eigenvalue weighted by molar-refractivity contribution is 0.0920. The van der Waals surface area contributed by atoms with Gasteiger partial charge in [0.1, 0.15) is 0 Å². The van der Waals surface area contributed by atoms with Crippen LogP contribution in [0.15, 0.2) is 4.52 Å². The van der Waals surface area contributed by atoms with Crippen LogP contribution in [0.2, 0.25) is 0 Å². The molecule has 2 aliphatic rings. The highest BCUT2D eigenvalue weighted by molar-refractivity contribution is 5.07. The number of piperazine rings is 1. The van der Waals surface area contributed by atoms with Gasteiger partial charge in [0.05, 0.1) is 17.6 Å². The maximum Gasteiger partial charge on any atom is 0.232 e. The standard InChI is InChI=1S/C15H26N4O2/c1-4-12-11(5-10-20-12)13-17-14(18-21-13)15(2,3)19-8-6-16-7-9-19/h11-12,16H,4-10H2,1-3H3. The van der Waals surface area contributed by atoms with Crippen LogP contribution in [0.3, 0.4) is 0 Å². The van der Waals surface area contributed by atoms with Crippen molar-refractivity contribution in [3.63, 3.8) is 0 Å². The number of hydrogen-bond donors (Lipinski definition) is 1. The van der Waals surface area contributed by atoms with E-state index in [-0.39, 0.29) is 17.6 Å². The van der Waals surface area contributed by atoms with Crippen LogP contribution in [-0.4, -0.2) is 53.9 Å². The number of nitrogens with one attached hydrogen (secondary N) is 1. The highest BCUT2D eigenvalue weighted by Crippen LogP contribution is 2.34. The molecule has 21 heavy (non-hydrogen) atoms. The molecule has 6 nitrogen and oxygen atoms in total. The largest absolute Gasteiger partial charge is 0.377 e. The van der Waals surface area contributed by atoms with Crippen molar-refractivity contribution in [1.29, 1.82) is 0 Å². The van der Waals surface area contributed by atoms with Crippen molar-refractivity contribution in [2.45, 2.75) is 51.2 Å². The number of rotatable bonds is 4. The summed E-state index contributed by atoms with van der Waals surface area (Å²) in [7, 11) is 0. The van der Waals surface area contributed by atoms with Gasteiger partial charge < -0.3 is 14.6 Å². The second-order valence-corrected chi connectivity index (χ2v) is 6.46. The fraction of sp³-hybridized carbons (Fsp3) is 0.867. The Kier molecular flexibility index (Phi) is 4.28. The van der Waals surface area contributed by atoms with E-state index in [1.165, 1.54) is 0 Å². The molecule has 3 rings (SSSR count). The van der Waals surface area contributed by atoms with E-state index >= 15 is 0 Å². The average molecular weight is 294 g/mol. The molecule has 2 aliphatic heterocycles. The topological polar surface area (TPSA) is 63.4 Å². The number of ether oxygens (including phenoxy) is 1. The highest BCUT2D eigenvalue weighted by atomic mass is 16.5. The van der Waals surface area contributed by atoms with E-state index in [1.807, 2.05) is 0 Å². The normalized spacial score (nSPS) is 28.1. The lowest BCUT2D eigenvalue weighted by Gasteiger charge is -2.38. The Hall–Kier alpha value is -0.980. The zero-order valence-corrected chi connectivity index (χ0v) is 13.3. The molecule has 0 amide bonds. The van der Waals surface area contributed by atoms with Gasteiger partial charge in [-0.1, -0.05) is 12.1 Å². The molecule has 3 heterocycles. The highest BCUT2D eigenvalue weighted by Gasteiger charge is 2.37. The Morgan fingerprint density at radius 1 is 1.33 bits per heavy atom. The molecular weight excluding hydrogens is 268 g/mol. The molecule has 0 saturated carbocycles. The van der Waals surface area contributed by atoms with Crippen LogP contribution in [0.5, 0.6) is 0 Å². The van der Waals surface area contributed by atoms with Crippen molar-refractivity contribution < 1.29 is 9.26 Å². The molecule has 1 N–H and O–H groups in total. The Morgan fingerprint density at radius 3 is 2.81 bits per heavy atom. The minimum atomic E-state index is -0.189. The van der Waals surface area contributed by atoms with Crippen LogP contribution in [0.25, 0.3) is 0 Å². The van der Waals surface area contributed by atoms with Gasteiger partial charge in [0.25, 0.3) is 0 Å². The molecule has 2 unspecified atom stereocenters. The van der Waals surface area contributed by atoms with Gasteiger partial charge >= 0.3 is 0 Å². The first-order chi connectivity index (χ1) is 10.1. The summed E-state index contributed by atoms with van der Waals surface area (Å²) in [4.78, 5) is 7.13. The Labute approximate surface area is 126 Å². The quantitative estimate of drug-likeness (QED) is 0.908. The van der Waals surface area contributed by atoms with Crippen molar-refractivity contribution >= 4 is 0 Å². The lowest BCUT2D eigenvalue weighted by Crippen LogP contribution is -2.52. The predicted molar refractivity (Wildman–Crippen MR) is 79.2 cm³/mol. The molecule has 0 spiro atoms. The molecule has 1 aromatic rings. The number of hydrogen-bond acceptors (Lipinski definition) is 6. The maximum absolute atomic E-state index is 5.73. The molecule has 0 radical (unpaired) electrons. The maximum atomic E-state index is 5.73. The van der Waals surface area contributed by atoms with Crippen LogP contribution in [-0.2, 0) is 10.3 Å².